The lowest BCUT2D eigenvalue weighted by atomic mass is 10.2. The zero-order chi connectivity index (χ0) is 15.0. The lowest BCUT2D eigenvalue weighted by Crippen LogP contribution is -2.37. The third-order valence-corrected chi connectivity index (χ3v) is 2.55. The third-order valence-electron chi connectivity index (χ3n) is 2.55. The van der Waals surface area contributed by atoms with Crippen molar-refractivity contribution < 1.29 is 19.4 Å². The van der Waals surface area contributed by atoms with E-state index in [1.165, 1.54) is 0 Å². The Morgan fingerprint density at radius 2 is 2.15 bits per heavy atom. The van der Waals surface area contributed by atoms with Crippen LogP contribution in [0.25, 0.3) is 0 Å². The Bertz CT molecular complexity index is 522. The molecule has 0 fully saturated rings. The van der Waals surface area contributed by atoms with Gasteiger partial charge in [0.25, 0.3) is 5.91 Å². The molecule has 106 valence electrons. The van der Waals surface area contributed by atoms with E-state index < -0.39 is 12.1 Å². The molecule has 1 aromatic rings. The van der Waals surface area contributed by atoms with Gasteiger partial charge >= 0.3 is 5.97 Å². The molecule has 0 aromatic heterocycles. The van der Waals surface area contributed by atoms with Gasteiger partial charge in [0.1, 0.15) is 11.8 Å². The van der Waals surface area contributed by atoms with Crippen LogP contribution in [0.4, 0.5) is 0 Å². The highest BCUT2D eigenvalue weighted by Crippen LogP contribution is 2.18. The van der Waals surface area contributed by atoms with Crippen LogP contribution in [0.2, 0.25) is 0 Å². The van der Waals surface area contributed by atoms with Crippen LogP contribution in [0.15, 0.2) is 24.3 Å². The number of aliphatic carboxylic acids is 1. The van der Waals surface area contributed by atoms with E-state index in [1.807, 2.05) is 6.07 Å². The van der Waals surface area contributed by atoms with E-state index in [9.17, 15) is 9.59 Å². The molecule has 1 rings (SSSR count). The number of carboxylic acids is 1. The molecular formula is C14H16N2O4. The second-order valence-electron chi connectivity index (χ2n) is 4.16. The molecule has 1 atom stereocenters. The van der Waals surface area contributed by atoms with Crippen LogP contribution in [-0.2, 0) is 9.59 Å². The van der Waals surface area contributed by atoms with E-state index in [-0.39, 0.29) is 18.9 Å². The van der Waals surface area contributed by atoms with Gasteiger partial charge in [-0.1, -0.05) is 12.1 Å². The summed E-state index contributed by atoms with van der Waals surface area (Å²) in [5, 5.41) is 20.0. The number of nitriles is 1. The van der Waals surface area contributed by atoms with Crippen molar-refractivity contribution in [3.63, 3.8) is 0 Å². The Morgan fingerprint density at radius 3 is 2.80 bits per heavy atom. The minimum Gasteiger partial charge on any atom is -0.481 e. The first-order valence-corrected chi connectivity index (χ1v) is 6.20. The van der Waals surface area contributed by atoms with Crippen LogP contribution < -0.4 is 10.1 Å². The van der Waals surface area contributed by atoms with Crippen LogP contribution in [0.3, 0.4) is 0 Å². The van der Waals surface area contributed by atoms with Crippen molar-refractivity contribution in [3.8, 4) is 11.8 Å². The average Bonchev–Trinajstić information content (AvgIpc) is 2.43. The molecule has 2 N–H and O–H groups in total. The largest absolute Gasteiger partial charge is 0.481 e. The van der Waals surface area contributed by atoms with E-state index in [0.29, 0.717) is 17.7 Å². The Kier molecular flexibility index (Phi) is 6.04. The number of carbonyl (C=O) groups is 2. The molecule has 0 aliphatic carbocycles. The quantitative estimate of drug-likeness (QED) is 0.731. The van der Waals surface area contributed by atoms with E-state index in [2.05, 4.69) is 5.32 Å². The first-order valence-electron chi connectivity index (χ1n) is 6.20. The summed E-state index contributed by atoms with van der Waals surface area (Å²) in [7, 11) is 0. The maximum absolute atomic E-state index is 11.7. The Morgan fingerprint density at radius 1 is 1.45 bits per heavy atom. The SMILES string of the molecule is CC(Oc1ccccc1C#N)C(=O)NCCCC(=O)O. The second-order valence-corrected chi connectivity index (χ2v) is 4.16. The van der Waals surface area contributed by atoms with Gasteiger partial charge < -0.3 is 15.2 Å². The van der Waals surface area contributed by atoms with Crippen molar-refractivity contribution >= 4 is 11.9 Å². The molecule has 0 saturated carbocycles. The maximum atomic E-state index is 11.7. The van der Waals surface area contributed by atoms with Crippen LogP contribution in [-0.4, -0.2) is 29.6 Å². The van der Waals surface area contributed by atoms with Gasteiger partial charge in [0.15, 0.2) is 6.10 Å². The second kappa shape index (κ2) is 7.79. The number of benzene rings is 1. The average molecular weight is 276 g/mol. The zero-order valence-electron chi connectivity index (χ0n) is 11.1. The number of ether oxygens (including phenoxy) is 1. The number of hydrogen-bond acceptors (Lipinski definition) is 4. The van der Waals surface area contributed by atoms with Gasteiger partial charge in [-0.25, -0.2) is 0 Å². The molecule has 0 radical (unpaired) electrons. The Balaban J connectivity index is 2.46. The van der Waals surface area contributed by atoms with Crippen molar-refractivity contribution in [2.24, 2.45) is 0 Å². The molecule has 1 aromatic carbocycles. The predicted molar refractivity (Wildman–Crippen MR) is 71.1 cm³/mol. The number of carbonyl (C=O) groups excluding carboxylic acids is 1. The molecule has 0 aliphatic heterocycles. The summed E-state index contributed by atoms with van der Waals surface area (Å²) >= 11 is 0. The number of para-hydroxylation sites is 1. The molecule has 6 heteroatoms. The topological polar surface area (TPSA) is 99.4 Å². The summed E-state index contributed by atoms with van der Waals surface area (Å²) in [6.07, 6.45) is -0.385. The van der Waals surface area contributed by atoms with Crippen LogP contribution >= 0.6 is 0 Å². The molecule has 6 nitrogen and oxygen atoms in total. The predicted octanol–water partition coefficient (Wildman–Crippen LogP) is 1.31. The molecule has 0 heterocycles. The van der Waals surface area contributed by atoms with Crippen molar-refractivity contribution in [1.29, 1.82) is 5.26 Å². The minimum absolute atomic E-state index is 0.00673. The van der Waals surface area contributed by atoms with Crippen molar-refractivity contribution in [3.05, 3.63) is 29.8 Å². The first kappa shape index (κ1) is 15.5. The van der Waals surface area contributed by atoms with Crippen molar-refractivity contribution in [2.45, 2.75) is 25.9 Å². The minimum atomic E-state index is -0.897. The van der Waals surface area contributed by atoms with Gasteiger partial charge in [0.05, 0.1) is 5.56 Å². The van der Waals surface area contributed by atoms with Gasteiger partial charge in [-0.3, -0.25) is 9.59 Å². The fourth-order valence-corrected chi connectivity index (χ4v) is 1.50. The van der Waals surface area contributed by atoms with Crippen molar-refractivity contribution in [1.82, 2.24) is 5.32 Å². The van der Waals surface area contributed by atoms with Crippen LogP contribution in [0.1, 0.15) is 25.3 Å². The number of nitrogens with zero attached hydrogens (tertiary/aromatic N) is 1. The molecule has 0 spiro atoms. The summed E-state index contributed by atoms with van der Waals surface area (Å²) in [6, 6.07) is 8.63. The Labute approximate surface area is 117 Å². The van der Waals surface area contributed by atoms with E-state index in [1.54, 1.807) is 31.2 Å². The molecule has 20 heavy (non-hydrogen) atoms. The van der Waals surface area contributed by atoms with Crippen LogP contribution in [0, 0.1) is 11.3 Å². The standard InChI is InChI=1S/C14H16N2O4/c1-10(14(19)16-8-4-7-13(17)18)20-12-6-3-2-5-11(12)9-15/h2-3,5-6,10H,4,7-8H2,1H3,(H,16,19)(H,17,18). The Hall–Kier alpha value is -2.55. The summed E-state index contributed by atoms with van der Waals surface area (Å²) in [5.74, 6) is -0.891. The van der Waals surface area contributed by atoms with Gasteiger partial charge in [0, 0.05) is 13.0 Å². The van der Waals surface area contributed by atoms with E-state index in [0.717, 1.165) is 0 Å². The lowest BCUT2D eigenvalue weighted by Gasteiger charge is -2.15. The smallest absolute Gasteiger partial charge is 0.303 e. The number of nitrogens with one attached hydrogen (secondary N) is 1. The zero-order valence-corrected chi connectivity index (χ0v) is 11.1. The molecule has 1 unspecified atom stereocenters. The normalized spacial score (nSPS) is 11.2. The molecular weight excluding hydrogens is 260 g/mol. The molecule has 0 saturated heterocycles. The van der Waals surface area contributed by atoms with Crippen LogP contribution in [0.5, 0.6) is 5.75 Å². The molecule has 0 bridgehead atoms. The monoisotopic (exact) mass is 276 g/mol. The first-order chi connectivity index (χ1) is 9.54. The highest BCUT2D eigenvalue weighted by atomic mass is 16.5. The lowest BCUT2D eigenvalue weighted by molar-refractivity contribution is -0.137. The van der Waals surface area contributed by atoms with Crippen molar-refractivity contribution in [2.75, 3.05) is 6.54 Å². The summed E-state index contributed by atoms with van der Waals surface area (Å²) in [4.78, 5) is 22.0. The van der Waals surface area contributed by atoms with Gasteiger partial charge in [0.2, 0.25) is 0 Å². The fourth-order valence-electron chi connectivity index (χ4n) is 1.50. The van der Waals surface area contributed by atoms with Gasteiger partial charge in [-0.15, -0.1) is 0 Å². The molecule has 0 aliphatic rings. The summed E-state index contributed by atoms with van der Waals surface area (Å²) in [6.45, 7) is 1.85. The number of hydrogen-bond donors (Lipinski definition) is 2. The number of rotatable bonds is 7. The van der Waals surface area contributed by atoms with E-state index >= 15 is 0 Å². The highest BCUT2D eigenvalue weighted by molar-refractivity contribution is 5.80. The number of amides is 1. The third kappa shape index (κ3) is 4.98. The van der Waals surface area contributed by atoms with Gasteiger partial charge in [-0.05, 0) is 25.5 Å². The number of carboxylic acid groups (broad SMARTS) is 1. The van der Waals surface area contributed by atoms with E-state index in [4.69, 9.17) is 15.1 Å². The maximum Gasteiger partial charge on any atom is 0.303 e. The summed E-state index contributed by atoms with van der Waals surface area (Å²) < 4.78 is 5.43. The highest BCUT2D eigenvalue weighted by Gasteiger charge is 2.15. The fraction of sp³-hybridized carbons (Fsp3) is 0.357. The summed E-state index contributed by atoms with van der Waals surface area (Å²) in [5.41, 5.74) is 0.359. The van der Waals surface area contributed by atoms with Gasteiger partial charge in [-0.2, -0.15) is 5.26 Å². The molecule has 1 amide bonds.